The van der Waals surface area contributed by atoms with Gasteiger partial charge in [0.25, 0.3) is 0 Å². The quantitative estimate of drug-likeness (QED) is 0.859. The van der Waals surface area contributed by atoms with Crippen molar-refractivity contribution in [3.63, 3.8) is 0 Å². The summed E-state index contributed by atoms with van der Waals surface area (Å²) in [6.45, 7) is -0.990. The number of aromatic nitrogens is 2. The van der Waals surface area contributed by atoms with Crippen molar-refractivity contribution < 1.29 is 13.2 Å². The smallest absolute Gasteiger partial charge is 0.382 e. The first-order valence-corrected chi connectivity index (χ1v) is 4.88. The fourth-order valence-electron chi connectivity index (χ4n) is 1.47. The highest BCUT2D eigenvalue weighted by atomic mass is 19.4. The molecule has 0 bridgehead atoms. The van der Waals surface area contributed by atoms with Crippen LogP contribution in [0.1, 0.15) is 12.8 Å². The Morgan fingerprint density at radius 1 is 1.31 bits per heavy atom. The number of hydrogen-bond donors (Lipinski definition) is 1. The van der Waals surface area contributed by atoms with E-state index in [9.17, 15) is 13.2 Å². The summed E-state index contributed by atoms with van der Waals surface area (Å²) < 4.78 is 37.0. The zero-order valence-electron chi connectivity index (χ0n) is 8.41. The van der Waals surface area contributed by atoms with E-state index in [4.69, 9.17) is 5.73 Å². The Morgan fingerprint density at radius 2 is 2.00 bits per heavy atom. The standard InChI is InChI=1S/C9H11F3N4/c10-9(11,12)5-16(6-1-2-6)8-4-3-7(13)14-15-8/h3-4,6H,1-2,5H2,(H2,13,14). The molecule has 0 saturated heterocycles. The lowest BCUT2D eigenvalue weighted by Crippen LogP contribution is -2.36. The minimum absolute atomic E-state index is 0.0699. The van der Waals surface area contributed by atoms with Gasteiger partial charge in [-0.25, -0.2) is 0 Å². The average molecular weight is 232 g/mol. The maximum Gasteiger partial charge on any atom is 0.405 e. The van der Waals surface area contributed by atoms with Crippen LogP contribution in [0.3, 0.4) is 0 Å². The minimum atomic E-state index is -4.23. The van der Waals surface area contributed by atoms with E-state index in [1.54, 1.807) is 0 Å². The Morgan fingerprint density at radius 3 is 2.44 bits per heavy atom. The molecule has 1 aromatic rings. The molecule has 0 radical (unpaired) electrons. The Kier molecular flexibility index (Phi) is 2.61. The Balaban J connectivity index is 2.16. The third kappa shape index (κ3) is 2.74. The van der Waals surface area contributed by atoms with Crippen LogP contribution in [0.25, 0.3) is 0 Å². The second kappa shape index (κ2) is 3.80. The molecule has 16 heavy (non-hydrogen) atoms. The molecule has 1 aliphatic rings. The molecule has 7 heteroatoms. The van der Waals surface area contributed by atoms with Crippen molar-refractivity contribution in [1.29, 1.82) is 0 Å². The van der Waals surface area contributed by atoms with Crippen LogP contribution in [0.4, 0.5) is 24.8 Å². The summed E-state index contributed by atoms with van der Waals surface area (Å²) in [5.74, 6) is 0.431. The van der Waals surface area contributed by atoms with E-state index in [1.165, 1.54) is 17.0 Å². The van der Waals surface area contributed by atoms with Gasteiger partial charge >= 0.3 is 6.18 Å². The zero-order chi connectivity index (χ0) is 11.8. The van der Waals surface area contributed by atoms with Gasteiger partial charge in [-0.15, -0.1) is 10.2 Å². The molecule has 0 atom stereocenters. The number of rotatable bonds is 3. The van der Waals surface area contributed by atoms with E-state index in [0.717, 1.165) is 12.8 Å². The van der Waals surface area contributed by atoms with Gasteiger partial charge in [0, 0.05) is 6.04 Å². The lowest BCUT2D eigenvalue weighted by atomic mass is 10.4. The van der Waals surface area contributed by atoms with E-state index in [1.807, 2.05) is 0 Å². The SMILES string of the molecule is Nc1ccc(N(CC(F)(F)F)C2CC2)nn1. The Bertz CT molecular complexity index is 358. The average Bonchev–Trinajstić information content (AvgIpc) is 2.97. The fraction of sp³-hybridized carbons (Fsp3) is 0.556. The summed E-state index contributed by atoms with van der Waals surface area (Å²) in [4.78, 5) is 1.23. The number of hydrogen-bond acceptors (Lipinski definition) is 4. The van der Waals surface area contributed by atoms with E-state index in [0.29, 0.717) is 0 Å². The van der Waals surface area contributed by atoms with Gasteiger partial charge in [0.15, 0.2) is 5.82 Å². The molecule has 0 aromatic carbocycles. The molecule has 0 unspecified atom stereocenters. The first-order chi connectivity index (χ1) is 7.46. The van der Waals surface area contributed by atoms with Crippen molar-refractivity contribution >= 4 is 11.6 Å². The van der Waals surface area contributed by atoms with Crippen molar-refractivity contribution in [2.45, 2.75) is 25.1 Å². The number of alkyl halides is 3. The van der Waals surface area contributed by atoms with Crippen LogP contribution in [0.2, 0.25) is 0 Å². The zero-order valence-corrected chi connectivity index (χ0v) is 8.41. The first kappa shape index (κ1) is 11.0. The molecule has 1 aliphatic carbocycles. The summed E-state index contributed by atoms with van der Waals surface area (Å²) in [6.07, 6.45) is -2.70. The van der Waals surface area contributed by atoms with Gasteiger partial charge in [0.05, 0.1) is 0 Å². The molecule has 1 saturated carbocycles. The van der Waals surface area contributed by atoms with Crippen LogP contribution in [0.15, 0.2) is 12.1 Å². The predicted molar refractivity (Wildman–Crippen MR) is 52.9 cm³/mol. The van der Waals surface area contributed by atoms with Crippen LogP contribution in [-0.2, 0) is 0 Å². The molecular formula is C9H11F3N4. The van der Waals surface area contributed by atoms with Crippen molar-refractivity contribution in [3.8, 4) is 0 Å². The van der Waals surface area contributed by atoms with Crippen molar-refractivity contribution in [2.24, 2.45) is 0 Å². The monoisotopic (exact) mass is 232 g/mol. The van der Waals surface area contributed by atoms with Gasteiger partial charge in [-0.05, 0) is 25.0 Å². The lowest BCUT2D eigenvalue weighted by molar-refractivity contribution is -0.120. The molecule has 0 amide bonds. The summed E-state index contributed by atoms with van der Waals surface area (Å²) in [7, 11) is 0. The minimum Gasteiger partial charge on any atom is -0.382 e. The van der Waals surface area contributed by atoms with Gasteiger partial charge in [0.2, 0.25) is 0 Å². The molecule has 1 heterocycles. The summed E-state index contributed by atoms with van der Waals surface area (Å²) in [5, 5.41) is 7.23. The number of halogens is 3. The second-order valence-corrected chi connectivity index (χ2v) is 3.79. The maximum absolute atomic E-state index is 12.3. The summed E-state index contributed by atoms with van der Waals surface area (Å²) >= 11 is 0. The van der Waals surface area contributed by atoms with Gasteiger partial charge < -0.3 is 10.6 Å². The third-order valence-corrected chi connectivity index (χ3v) is 2.30. The van der Waals surface area contributed by atoms with Gasteiger partial charge in [0.1, 0.15) is 12.4 Å². The van der Waals surface area contributed by atoms with Crippen LogP contribution in [0, 0.1) is 0 Å². The number of nitrogen functional groups attached to an aromatic ring is 1. The normalized spacial score (nSPS) is 16.2. The highest BCUT2D eigenvalue weighted by molar-refractivity contribution is 5.43. The van der Waals surface area contributed by atoms with Crippen LogP contribution >= 0.6 is 0 Å². The summed E-state index contributed by atoms with van der Waals surface area (Å²) in [6, 6.07) is 2.85. The van der Waals surface area contributed by atoms with Crippen LogP contribution in [-0.4, -0.2) is 29.0 Å². The molecule has 1 aromatic heterocycles. The number of anilines is 2. The van der Waals surface area contributed by atoms with Crippen LogP contribution in [0.5, 0.6) is 0 Å². The molecule has 88 valence electrons. The molecule has 0 aliphatic heterocycles. The highest BCUT2D eigenvalue weighted by Gasteiger charge is 2.38. The predicted octanol–water partition coefficient (Wildman–Crippen LogP) is 1.59. The van der Waals surface area contributed by atoms with Gasteiger partial charge in [-0.2, -0.15) is 13.2 Å². The fourth-order valence-corrected chi connectivity index (χ4v) is 1.47. The highest BCUT2D eigenvalue weighted by Crippen LogP contribution is 2.33. The summed E-state index contributed by atoms with van der Waals surface area (Å²) in [5.41, 5.74) is 5.33. The lowest BCUT2D eigenvalue weighted by Gasteiger charge is -2.24. The Hall–Kier alpha value is -1.53. The molecule has 4 nitrogen and oxygen atoms in total. The third-order valence-electron chi connectivity index (χ3n) is 2.30. The molecule has 0 spiro atoms. The molecule has 2 N–H and O–H groups in total. The Labute approximate surface area is 90.3 Å². The van der Waals surface area contributed by atoms with Gasteiger partial charge in [-0.3, -0.25) is 0 Å². The van der Waals surface area contributed by atoms with E-state index in [-0.39, 0.29) is 17.7 Å². The molecule has 1 fully saturated rings. The molecular weight excluding hydrogens is 221 g/mol. The first-order valence-electron chi connectivity index (χ1n) is 4.88. The van der Waals surface area contributed by atoms with E-state index in [2.05, 4.69) is 10.2 Å². The van der Waals surface area contributed by atoms with Crippen molar-refractivity contribution in [3.05, 3.63) is 12.1 Å². The number of nitrogens with two attached hydrogens (primary N) is 1. The number of nitrogens with zero attached hydrogens (tertiary/aromatic N) is 3. The van der Waals surface area contributed by atoms with E-state index < -0.39 is 12.7 Å². The van der Waals surface area contributed by atoms with Crippen molar-refractivity contribution in [1.82, 2.24) is 10.2 Å². The maximum atomic E-state index is 12.3. The second-order valence-electron chi connectivity index (χ2n) is 3.79. The van der Waals surface area contributed by atoms with Gasteiger partial charge in [-0.1, -0.05) is 0 Å². The topological polar surface area (TPSA) is 55.0 Å². The molecule has 2 rings (SSSR count). The largest absolute Gasteiger partial charge is 0.405 e. The van der Waals surface area contributed by atoms with Crippen molar-refractivity contribution in [2.75, 3.05) is 17.2 Å². The van der Waals surface area contributed by atoms with Crippen LogP contribution < -0.4 is 10.6 Å². The van der Waals surface area contributed by atoms with E-state index >= 15 is 0 Å².